The summed E-state index contributed by atoms with van der Waals surface area (Å²) in [6, 6.07) is 14.7. The smallest absolute Gasteiger partial charge is 0.243 e. The Bertz CT molecular complexity index is 750. The first-order chi connectivity index (χ1) is 11.9. The molecule has 0 bridgehead atoms. The average molecular weight is 376 g/mol. The second-order valence-corrected chi connectivity index (χ2v) is 6.29. The lowest BCUT2D eigenvalue weighted by Gasteiger charge is -2.21. The maximum absolute atomic E-state index is 12.4. The number of hydrogen-bond donors (Lipinski definition) is 2. The third-order valence-electron chi connectivity index (χ3n) is 4.25. The average Bonchev–Trinajstić information content (AvgIpc) is 2.59. The number of anilines is 1. The van der Waals surface area contributed by atoms with Gasteiger partial charge in [0, 0.05) is 12.7 Å². The summed E-state index contributed by atoms with van der Waals surface area (Å²) >= 11 is 0. The van der Waals surface area contributed by atoms with E-state index in [9.17, 15) is 9.59 Å². The quantitative estimate of drug-likeness (QED) is 0.815. The van der Waals surface area contributed by atoms with Crippen LogP contribution in [0.3, 0.4) is 0 Å². The Balaban J connectivity index is 0.00000338. The van der Waals surface area contributed by atoms with Crippen LogP contribution in [0.5, 0.6) is 0 Å². The summed E-state index contributed by atoms with van der Waals surface area (Å²) in [5.41, 5.74) is 9.88. The molecule has 0 saturated carbocycles. The first-order valence-corrected chi connectivity index (χ1v) is 8.29. The molecule has 5 nitrogen and oxygen atoms in total. The number of nitrogens with two attached hydrogens (primary N) is 1. The molecule has 0 aliphatic heterocycles. The minimum absolute atomic E-state index is 0. The number of halogens is 1. The second-order valence-electron chi connectivity index (χ2n) is 6.29. The highest BCUT2D eigenvalue weighted by Gasteiger charge is 2.20. The molecule has 0 fully saturated rings. The molecule has 0 saturated heterocycles. The van der Waals surface area contributed by atoms with E-state index in [-0.39, 0.29) is 30.8 Å². The molecule has 1 unspecified atom stereocenters. The Morgan fingerprint density at radius 2 is 1.73 bits per heavy atom. The van der Waals surface area contributed by atoms with Crippen LogP contribution in [0.15, 0.2) is 48.5 Å². The van der Waals surface area contributed by atoms with Crippen molar-refractivity contribution in [2.24, 2.45) is 5.73 Å². The second kappa shape index (κ2) is 9.94. The fourth-order valence-electron chi connectivity index (χ4n) is 2.61. The number of rotatable bonds is 6. The van der Waals surface area contributed by atoms with E-state index in [0.29, 0.717) is 6.42 Å². The van der Waals surface area contributed by atoms with Gasteiger partial charge in [-0.2, -0.15) is 0 Å². The summed E-state index contributed by atoms with van der Waals surface area (Å²) < 4.78 is 0. The van der Waals surface area contributed by atoms with Crippen molar-refractivity contribution in [1.29, 1.82) is 0 Å². The number of likely N-dealkylation sites (N-methyl/N-ethyl adjacent to an activating group) is 1. The number of amides is 2. The van der Waals surface area contributed by atoms with Crippen molar-refractivity contribution in [3.8, 4) is 0 Å². The lowest BCUT2D eigenvalue weighted by Crippen LogP contribution is -2.45. The number of carbonyl (C=O) groups is 2. The van der Waals surface area contributed by atoms with E-state index < -0.39 is 6.04 Å². The molecule has 0 spiro atoms. The zero-order valence-corrected chi connectivity index (χ0v) is 16.2. The van der Waals surface area contributed by atoms with E-state index >= 15 is 0 Å². The van der Waals surface area contributed by atoms with E-state index in [4.69, 9.17) is 5.73 Å². The third-order valence-corrected chi connectivity index (χ3v) is 4.25. The van der Waals surface area contributed by atoms with Crippen LogP contribution in [0.1, 0.15) is 16.7 Å². The minimum Gasteiger partial charge on any atom is -0.335 e. The number of benzene rings is 2. The van der Waals surface area contributed by atoms with E-state index in [2.05, 4.69) is 5.32 Å². The normalized spacial score (nSPS) is 11.2. The summed E-state index contributed by atoms with van der Waals surface area (Å²) in [6.07, 6.45) is 0.447. The van der Waals surface area contributed by atoms with Crippen molar-refractivity contribution >= 4 is 29.9 Å². The van der Waals surface area contributed by atoms with Crippen molar-refractivity contribution in [3.05, 3.63) is 65.2 Å². The van der Waals surface area contributed by atoms with Gasteiger partial charge >= 0.3 is 0 Å². The first-order valence-electron chi connectivity index (χ1n) is 8.29. The van der Waals surface area contributed by atoms with E-state index in [1.807, 2.05) is 62.4 Å². The predicted octanol–water partition coefficient (Wildman–Crippen LogP) is 2.69. The van der Waals surface area contributed by atoms with Crippen LogP contribution in [0.25, 0.3) is 0 Å². The number of carbonyl (C=O) groups excluding carboxylic acids is 2. The van der Waals surface area contributed by atoms with Crippen LogP contribution in [-0.4, -0.2) is 36.3 Å². The van der Waals surface area contributed by atoms with Gasteiger partial charge in [-0.3, -0.25) is 9.59 Å². The Morgan fingerprint density at radius 1 is 1.08 bits per heavy atom. The molecule has 1 atom stereocenters. The van der Waals surface area contributed by atoms with Crippen LogP contribution in [0.2, 0.25) is 0 Å². The van der Waals surface area contributed by atoms with Gasteiger partial charge in [0.2, 0.25) is 11.8 Å². The molecule has 2 amide bonds. The predicted molar refractivity (Wildman–Crippen MR) is 108 cm³/mol. The summed E-state index contributed by atoms with van der Waals surface area (Å²) in [6.45, 7) is 3.91. The van der Waals surface area contributed by atoms with Crippen molar-refractivity contribution in [2.45, 2.75) is 26.3 Å². The van der Waals surface area contributed by atoms with Crippen molar-refractivity contribution in [2.75, 3.05) is 18.9 Å². The molecule has 2 rings (SSSR count). The highest BCUT2D eigenvalue weighted by Crippen LogP contribution is 2.17. The number of nitrogens with one attached hydrogen (secondary N) is 1. The van der Waals surface area contributed by atoms with Gasteiger partial charge in [0.05, 0.1) is 12.6 Å². The largest absolute Gasteiger partial charge is 0.335 e. The molecule has 6 heteroatoms. The molecule has 26 heavy (non-hydrogen) atoms. The monoisotopic (exact) mass is 375 g/mol. The maximum Gasteiger partial charge on any atom is 0.243 e. The van der Waals surface area contributed by atoms with Crippen LogP contribution < -0.4 is 11.1 Å². The van der Waals surface area contributed by atoms with Gasteiger partial charge in [-0.05, 0) is 43.0 Å². The zero-order valence-electron chi connectivity index (χ0n) is 15.4. The summed E-state index contributed by atoms with van der Waals surface area (Å²) in [5.74, 6) is -0.489. The molecule has 140 valence electrons. The Labute approximate surface area is 161 Å². The summed E-state index contributed by atoms with van der Waals surface area (Å²) in [7, 11) is 1.59. The lowest BCUT2D eigenvalue weighted by atomic mass is 10.1. The number of nitrogens with zero attached hydrogens (tertiary/aromatic N) is 1. The van der Waals surface area contributed by atoms with Crippen LogP contribution >= 0.6 is 12.4 Å². The van der Waals surface area contributed by atoms with Gasteiger partial charge in [0.1, 0.15) is 0 Å². The molecule has 0 aliphatic rings. The summed E-state index contributed by atoms with van der Waals surface area (Å²) in [5, 5.41) is 2.85. The van der Waals surface area contributed by atoms with Gasteiger partial charge < -0.3 is 16.0 Å². The molecular formula is C20H26ClN3O2. The first kappa shape index (κ1) is 21.7. The standard InChI is InChI=1S/C20H25N3O2.ClH/c1-14-8-7-11-18(15(14)2)22-19(24)13-23(3)20(25)17(21)12-16-9-5-4-6-10-16;/h4-11,17H,12-13,21H2,1-3H3,(H,22,24);1H. The van der Waals surface area contributed by atoms with Crippen molar-refractivity contribution in [3.63, 3.8) is 0 Å². The maximum atomic E-state index is 12.4. The van der Waals surface area contributed by atoms with Gasteiger partial charge in [0.15, 0.2) is 0 Å². The topological polar surface area (TPSA) is 75.4 Å². The minimum atomic E-state index is -0.666. The fourth-order valence-corrected chi connectivity index (χ4v) is 2.61. The van der Waals surface area contributed by atoms with Gasteiger partial charge in [-0.15, -0.1) is 12.4 Å². The molecule has 0 aliphatic carbocycles. The highest BCUT2D eigenvalue weighted by molar-refractivity contribution is 5.95. The zero-order chi connectivity index (χ0) is 18.4. The van der Waals surface area contributed by atoms with E-state index in [1.165, 1.54) is 4.90 Å². The van der Waals surface area contributed by atoms with Crippen LogP contribution in [-0.2, 0) is 16.0 Å². The molecule has 0 radical (unpaired) electrons. The molecule has 0 heterocycles. The fraction of sp³-hybridized carbons (Fsp3) is 0.300. The third kappa shape index (κ3) is 5.86. The van der Waals surface area contributed by atoms with Crippen LogP contribution in [0.4, 0.5) is 5.69 Å². The van der Waals surface area contributed by atoms with E-state index in [0.717, 1.165) is 22.4 Å². The van der Waals surface area contributed by atoms with E-state index in [1.54, 1.807) is 7.05 Å². The van der Waals surface area contributed by atoms with Crippen molar-refractivity contribution in [1.82, 2.24) is 4.90 Å². The van der Waals surface area contributed by atoms with Crippen LogP contribution in [0, 0.1) is 13.8 Å². The summed E-state index contributed by atoms with van der Waals surface area (Å²) in [4.78, 5) is 26.0. The Hall–Kier alpha value is -2.37. The number of hydrogen-bond acceptors (Lipinski definition) is 3. The molecule has 2 aromatic carbocycles. The van der Waals surface area contributed by atoms with Gasteiger partial charge in [-0.1, -0.05) is 42.5 Å². The Kier molecular flexibility index (Phi) is 8.29. The lowest BCUT2D eigenvalue weighted by molar-refractivity contribution is -0.134. The van der Waals surface area contributed by atoms with Gasteiger partial charge in [-0.25, -0.2) is 0 Å². The molecular weight excluding hydrogens is 350 g/mol. The Morgan fingerprint density at radius 3 is 2.38 bits per heavy atom. The SMILES string of the molecule is Cc1cccc(NC(=O)CN(C)C(=O)C(N)Cc2ccccc2)c1C.Cl. The van der Waals surface area contributed by atoms with Gasteiger partial charge in [0.25, 0.3) is 0 Å². The highest BCUT2D eigenvalue weighted by atomic mass is 35.5. The molecule has 2 aromatic rings. The van der Waals surface area contributed by atoms with Crippen molar-refractivity contribution < 1.29 is 9.59 Å². The molecule has 0 aromatic heterocycles. The number of aryl methyl sites for hydroxylation is 1. The molecule has 3 N–H and O–H groups in total.